The Kier molecular flexibility index (Phi) is 4.96. The smallest absolute Gasteiger partial charge is 0.242 e. The number of hydrogen-bond donors (Lipinski definition) is 1. The van der Waals surface area contributed by atoms with Gasteiger partial charge in [0.15, 0.2) is 0 Å². The maximum absolute atomic E-state index is 13.0. The second-order valence-electron chi connectivity index (χ2n) is 7.65. The van der Waals surface area contributed by atoms with Gasteiger partial charge in [-0.3, -0.25) is 4.79 Å². The van der Waals surface area contributed by atoms with Crippen LogP contribution in [0, 0.1) is 0 Å². The number of nitrogens with one attached hydrogen (secondary N) is 1. The highest BCUT2D eigenvalue weighted by molar-refractivity contribution is 5.82. The average molecular weight is 356 g/mol. The van der Waals surface area contributed by atoms with Gasteiger partial charge in [0.05, 0.1) is 12.2 Å². The number of ether oxygens (including phenoxy) is 1. The Labute approximate surface area is 154 Å². The zero-order valence-corrected chi connectivity index (χ0v) is 15.6. The van der Waals surface area contributed by atoms with E-state index < -0.39 is 0 Å². The van der Waals surface area contributed by atoms with Crippen molar-refractivity contribution in [3.05, 3.63) is 30.1 Å². The molecule has 4 rings (SSSR count). The molecule has 0 bridgehead atoms. The number of aromatic nitrogens is 2. The lowest BCUT2D eigenvalue weighted by atomic mass is 9.94. The van der Waals surface area contributed by atoms with Crippen LogP contribution in [-0.4, -0.2) is 58.7 Å². The standard InChI is InChI=1S/C20H28N4O2/c1-14-11-23(12-15(2)26-14)19(25)13-24-18(16-5-8-21-9-6-16)10-17-4-3-7-22-20(17)24/h3-4,7,10,14-16,21H,5-6,8-9,11-13H2,1-2H3/t14-,15+. The molecule has 2 aliphatic heterocycles. The summed E-state index contributed by atoms with van der Waals surface area (Å²) in [5.74, 6) is 0.645. The first-order chi connectivity index (χ1) is 12.6. The molecule has 6 nitrogen and oxygen atoms in total. The monoisotopic (exact) mass is 356 g/mol. The minimum atomic E-state index is 0.0890. The molecule has 0 saturated carbocycles. The van der Waals surface area contributed by atoms with Crippen LogP contribution in [0.5, 0.6) is 0 Å². The van der Waals surface area contributed by atoms with Crippen molar-refractivity contribution in [3.63, 3.8) is 0 Å². The van der Waals surface area contributed by atoms with Crippen LogP contribution < -0.4 is 5.32 Å². The third kappa shape index (κ3) is 3.48. The molecule has 2 aromatic rings. The Morgan fingerprint density at radius 2 is 2.00 bits per heavy atom. The van der Waals surface area contributed by atoms with Gasteiger partial charge in [-0.25, -0.2) is 4.98 Å². The second kappa shape index (κ2) is 7.37. The molecule has 1 N–H and O–H groups in total. The molecule has 0 aliphatic carbocycles. The zero-order chi connectivity index (χ0) is 18.1. The van der Waals surface area contributed by atoms with Crippen LogP contribution in [0.1, 0.15) is 38.3 Å². The van der Waals surface area contributed by atoms with Gasteiger partial charge in [0.25, 0.3) is 0 Å². The Bertz CT molecular complexity index is 771. The van der Waals surface area contributed by atoms with E-state index in [-0.39, 0.29) is 18.1 Å². The molecule has 0 radical (unpaired) electrons. The van der Waals surface area contributed by atoms with Crippen LogP contribution in [0.3, 0.4) is 0 Å². The van der Waals surface area contributed by atoms with E-state index in [1.165, 1.54) is 5.69 Å². The quantitative estimate of drug-likeness (QED) is 0.915. The predicted octanol–water partition coefficient (Wildman–Crippen LogP) is 2.14. The molecule has 0 aromatic carbocycles. The summed E-state index contributed by atoms with van der Waals surface area (Å²) in [5.41, 5.74) is 2.17. The molecular formula is C20H28N4O2. The van der Waals surface area contributed by atoms with Crippen LogP contribution in [0.15, 0.2) is 24.4 Å². The van der Waals surface area contributed by atoms with Gasteiger partial charge in [0.1, 0.15) is 12.2 Å². The van der Waals surface area contributed by atoms with Crippen molar-refractivity contribution >= 4 is 16.9 Å². The van der Waals surface area contributed by atoms with Crippen LogP contribution in [0.25, 0.3) is 11.0 Å². The summed E-state index contributed by atoms with van der Waals surface area (Å²) in [6, 6.07) is 6.29. The van der Waals surface area contributed by atoms with E-state index in [9.17, 15) is 4.79 Å². The highest BCUT2D eigenvalue weighted by Crippen LogP contribution is 2.30. The Balaban J connectivity index is 1.63. The van der Waals surface area contributed by atoms with Crippen molar-refractivity contribution in [1.82, 2.24) is 19.8 Å². The molecular weight excluding hydrogens is 328 g/mol. The highest BCUT2D eigenvalue weighted by atomic mass is 16.5. The van der Waals surface area contributed by atoms with Gasteiger partial charge in [-0.1, -0.05) is 0 Å². The third-order valence-electron chi connectivity index (χ3n) is 5.51. The lowest BCUT2D eigenvalue weighted by Gasteiger charge is -2.35. The number of amides is 1. The molecule has 2 atom stereocenters. The van der Waals surface area contributed by atoms with Gasteiger partial charge >= 0.3 is 0 Å². The van der Waals surface area contributed by atoms with Gasteiger partial charge in [0, 0.05) is 36.3 Å². The summed E-state index contributed by atoms with van der Waals surface area (Å²) in [4.78, 5) is 19.6. The lowest BCUT2D eigenvalue weighted by molar-refractivity contribution is -0.143. The van der Waals surface area contributed by atoms with Crippen molar-refractivity contribution in [2.75, 3.05) is 26.2 Å². The Morgan fingerprint density at radius 3 is 2.73 bits per heavy atom. The molecule has 0 spiro atoms. The number of fused-ring (bicyclic) bond motifs is 1. The Hall–Kier alpha value is -1.92. The number of hydrogen-bond acceptors (Lipinski definition) is 4. The number of piperidine rings is 1. The molecule has 2 aliphatic rings. The summed E-state index contributed by atoms with van der Waals surface area (Å²) in [6.45, 7) is 7.82. The number of morpholine rings is 1. The maximum Gasteiger partial charge on any atom is 0.242 e. The molecule has 2 fully saturated rings. The van der Waals surface area contributed by atoms with Crippen LogP contribution in [0.4, 0.5) is 0 Å². The van der Waals surface area contributed by atoms with Gasteiger partial charge < -0.3 is 19.5 Å². The van der Waals surface area contributed by atoms with E-state index in [0.29, 0.717) is 25.6 Å². The van der Waals surface area contributed by atoms with Crippen LogP contribution >= 0.6 is 0 Å². The van der Waals surface area contributed by atoms with Gasteiger partial charge in [-0.2, -0.15) is 0 Å². The SMILES string of the molecule is C[C@@H]1CN(C(=O)Cn2c(C3CCNCC3)cc3cccnc32)C[C@H](C)O1. The minimum Gasteiger partial charge on any atom is -0.372 e. The summed E-state index contributed by atoms with van der Waals surface area (Å²) in [6.07, 6.45) is 4.21. The zero-order valence-electron chi connectivity index (χ0n) is 15.6. The lowest BCUT2D eigenvalue weighted by Crippen LogP contribution is -2.49. The molecule has 26 heavy (non-hydrogen) atoms. The molecule has 0 unspecified atom stereocenters. The van der Waals surface area contributed by atoms with Gasteiger partial charge in [-0.05, 0) is 58.0 Å². The van der Waals surface area contributed by atoms with Crippen molar-refractivity contribution in [1.29, 1.82) is 0 Å². The second-order valence-corrected chi connectivity index (χ2v) is 7.65. The van der Waals surface area contributed by atoms with Crippen molar-refractivity contribution < 1.29 is 9.53 Å². The van der Waals surface area contributed by atoms with Crippen molar-refractivity contribution in [2.24, 2.45) is 0 Å². The molecule has 140 valence electrons. The summed E-state index contributed by atoms with van der Waals surface area (Å²) in [7, 11) is 0. The molecule has 2 saturated heterocycles. The highest BCUT2D eigenvalue weighted by Gasteiger charge is 2.28. The number of nitrogens with zero attached hydrogens (tertiary/aromatic N) is 3. The van der Waals surface area contributed by atoms with E-state index in [4.69, 9.17) is 4.74 Å². The Morgan fingerprint density at radius 1 is 1.27 bits per heavy atom. The normalized spacial score (nSPS) is 24.9. The topological polar surface area (TPSA) is 59.4 Å². The maximum atomic E-state index is 13.0. The number of carbonyl (C=O) groups is 1. The van der Waals surface area contributed by atoms with Crippen LogP contribution in [0.2, 0.25) is 0 Å². The van der Waals surface area contributed by atoms with Gasteiger partial charge in [0.2, 0.25) is 5.91 Å². The van der Waals surface area contributed by atoms with Crippen molar-refractivity contribution in [2.45, 2.75) is 51.4 Å². The number of pyridine rings is 1. The minimum absolute atomic E-state index is 0.0890. The van der Waals surface area contributed by atoms with E-state index in [0.717, 1.165) is 37.0 Å². The number of rotatable bonds is 3. The fraction of sp³-hybridized carbons (Fsp3) is 0.600. The molecule has 1 amide bonds. The predicted molar refractivity (Wildman–Crippen MR) is 101 cm³/mol. The fourth-order valence-corrected chi connectivity index (χ4v) is 4.35. The summed E-state index contributed by atoms with van der Waals surface area (Å²) < 4.78 is 7.92. The van der Waals surface area contributed by atoms with E-state index in [1.807, 2.05) is 31.0 Å². The average Bonchev–Trinajstić information content (AvgIpc) is 3.00. The van der Waals surface area contributed by atoms with E-state index in [2.05, 4.69) is 27.0 Å². The largest absolute Gasteiger partial charge is 0.372 e. The van der Waals surface area contributed by atoms with Crippen LogP contribution in [-0.2, 0) is 16.1 Å². The summed E-state index contributed by atoms with van der Waals surface area (Å²) >= 11 is 0. The van der Waals surface area contributed by atoms with E-state index in [1.54, 1.807) is 0 Å². The number of carbonyl (C=O) groups excluding carboxylic acids is 1. The fourth-order valence-electron chi connectivity index (χ4n) is 4.35. The first kappa shape index (κ1) is 17.5. The first-order valence-electron chi connectivity index (χ1n) is 9.70. The summed E-state index contributed by atoms with van der Waals surface area (Å²) in [5, 5.41) is 4.55. The van der Waals surface area contributed by atoms with E-state index >= 15 is 0 Å². The van der Waals surface area contributed by atoms with Crippen molar-refractivity contribution in [3.8, 4) is 0 Å². The molecule has 2 aromatic heterocycles. The third-order valence-corrected chi connectivity index (χ3v) is 5.51. The molecule has 6 heteroatoms. The first-order valence-corrected chi connectivity index (χ1v) is 9.70. The van der Waals surface area contributed by atoms with Gasteiger partial charge in [-0.15, -0.1) is 0 Å². The molecule has 4 heterocycles.